The van der Waals surface area contributed by atoms with Gasteiger partial charge in [0.2, 0.25) is 0 Å². The summed E-state index contributed by atoms with van der Waals surface area (Å²) < 4.78 is 0. The van der Waals surface area contributed by atoms with Gasteiger partial charge in [0.1, 0.15) is 0 Å². The monoisotopic (exact) mass is 1040 g/mol. The SMILES string of the molecule is C[SiH](C)CCCCCCCC[SiH](C)C.C[SiH](C)CCCCCC[SiH](C)C.C[SiH](C)Cc1ccc(C[SiH](C)C)cc1.C[SiH](C)c1ccc([SiH](C)C)cc1.C[SiH](C)c1cccc([SiH](C)C)c1. The van der Waals surface area contributed by atoms with Gasteiger partial charge in [-0.15, -0.1) is 0 Å². The molecule has 3 aromatic carbocycles. The Kier molecular flexibility index (Phi) is 43.0. The van der Waals surface area contributed by atoms with E-state index in [0.717, 1.165) is 0 Å². The van der Waals surface area contributed by atoms with Crippen LogP contribution in [0.15, 0.2) is 72.8 Å². The predicted octanol–water partition coefficient (Wildman–Crippen LogP) is 12.8. The first-order valence-electron chi connectivity index (χ1n) is 27.3. The Balaban J connectivity index is 0. The molecule has 370 valence electrons. The van der Waals surface area contributed by atoms with Crippen LogP contribution in [0, 0.1) is 0 Å². The Hall–Kier alpha value is -0.171. The molecule has 0 aliphatic heterocycles. The van der Waals surface area contributed by atoms with E-state index in [1.807, 2.05) is 0 Å². The fraction of sp³-hybridized carbons (Fsp3) is 0.667. The summed E-state index contributed by atoms with van der Waals surface area (Å²) in [5.41, 5.74) is 3.08. The number of benzene rings is 3. The largest absolute Gasteiger partial charge is 0.0722 e. The van der Waals surface area contributed by atoms with E-state index in [9.17, 15) is 0 Å². The van der Waals surface area contributed by atoms with E-state index >= 15 is 0 Å². The van der Waals surface area contributed by atoms with Crippen LogP contribution in [-0.2, 0) is 12.1 Å². The Labute approximate surface area is 420 Å². The van der Waals surface area contributed by atoms with E-state index in [1.165, 1.54) is 76.3 Å². The average molecular weight is 1040 g/mol. The van der Waals surface area contributed by atoms with Gasteiger partial charge in [0.25, 0.3) is 0 Å². The summed E-state index contributed by atoms with van der Waals surface area (Å²) in [6.45, 7) is 48.4. The zero-order valence-electron chi connectivity index (χ0n) is 47.0. The van der Waals surface area contributed by atoms with Crippen molar-refractivity contribution in [3.05, 3.63) is 83.9 Å². The van der Waals surface area contributed by atoms with E-state index in [1.54, 1.807) is 56.1 Å². The van der Waals surface area contributed by atoms with Crippen LogP contribution < -0.4 is 20.7 Å². The van der Waals surface area contributed by atoms with Gasteiger partial charge in [0.05, 0.1) is 35.2 Å². The fourth-order valence-corrected chi connectivity index (χ4v) is 18.6. The van der Waals surface area contributed by atoms with Crippen molar-refractivity contribution < 1.29 is 0 Å². The number of hydrogen-bond acceptors (Lipinski definition) is 0. The van der Waals surface area contributed by atoms with E-state index in [2.05, 4.69) is 204 Å². The van der Waals surface area contributed by atoms with Gasteiger partial charge in [-0.05, 0) is 12.1 Å². The van der Waals surface area contributed by atoms with Crippen LogP contribution in [-0.4, -0.2) is 88.0 Å². The first-order valence-corrected chi connectivity index (χ1v) is 57.6. The zero-order valence-corrected chi connectivity index (χ0v) is 58.6. The molecule has 0 nitrogen and oxygen atoms in total. The highest BCUT2D eigenvalue weighted by Crippen LogP contribution is 2.12. The normalized spacial score (nSPS) is 11.3. The molecular formula is C54H114Si10. The maximum Gasteiger partial charge on any atom is 0.0647 e. The topological polar surface area (TPSA) is 0 Å². The summed E-state index contributed by atoms with van der Waals surface area (Å²) in [7, 11) is -4.10. The van der Waals surface area contributed by atoms with Crippen molar-refractivity contribution in [1.82, 2.24) is 0 Å². The van der Waals surface area contributed by atoms with Crippen molar-refractivity contribution >= 4 is 109 Å². The van der Waals surface area contributed by atoms with Crippen LogP contribution in [0.5, 0.6) is 0 Å². The zero-order chi connectivity index (χ0) is 49.0. The van der Waals surface area contributed by atoms with E-state index < -0.39 is 52.8 Å². The second kappa shape index (κ2) is 41.8. The molecule has 0 aliphatic rings. The quantitative estimate of drug-likeness (QED) is 0.0620. The van der Waals surface area contributed by atoms with Crippen molar-refractivity contribution in [3.63, 3.8) is 0 Å². The molecule has 0 amide bonds. The van der Waals surface area contributed by atoms with Crippen molar-refractivity contribution in [2.24, 2.45) is 0 Å². The second-order valence-corrected chi connectivity index (χ2v) is 55.0. The summed E-state index contributed by atoms with van der Waals surface area (Å²) >= 11 is 0. The van der Waals surface area contributed by atoms with Crippen molar-refractivity contribution in [3.8, 4) is 0 Å². The molecule has 0 bridgehead atoms. The van der Waals surface area contributed by atoms with Gasteiger partial charge in [-0.1, -0.05) is 324 Å². The third-order valence-electron chi connectivity index (χ3n) is 12.0. The second-order valence-electron chi connectivity index (χ2n) is 23.2. The van der Waals surface area contributed by atoms with Crippen molar-refractivity contribution in [2.75, 3.05) is 0 Å². The molecule has 3 aromatic rings. The molecule has 0 radical (unpaired) electrons. The van der Waals surface area contributed by atoms with Crippen LogP contribution in [0.3, 0.4) is 0 Å². The Morgan fingerprint density at radius 3 is 0.688 bits per heavy atom. The molecule has 64 heavy (non-hydrogen) atoms. The van der Waals surface area contributed by atoms with Gasteiger partial charge < -0.3 is 0 Å². The Bertz CT molecular complexity index is 1340. The molecule has 0 fully saturated rings. The molecule has 0 aromatic heterocycles. The van der Waals surface area contributed by atoms with E-state index in [-0.39, 0.29) is 35.2 Å². The van der Waals surface area contributed by atoms with Crippen LogP contribution in [0.25, 0.3) is 0 Å². The number of unbranched alkanes of at least 4 members (excludes halogenated alkanes) is 8. The molecule has 0 N–H and O–H groups in total. The van der Waals surface area contributed by atoms with Crippen LogP contribution in [0.2, 0.25) is 155 Å². The third kappa shape index (κ3) is 42.0. The summed E-state index contributed by atoms with van der Waals surface area (Å²) in [6, 6.07) is 36.9. The maximum absolute atomic E-state index is 2.47. The molecule has 0 heterocycles. The van der Waals surface area contributed by atoms with Crippen molar-refractivity contribution in [2.45, 2.75) is 231 Å². The summed E-state index contributed by atoms with van der Waals surface area (Å²) in [4.78, 5) is 0. The smallest absolute Gasteiger partial charge is 0.0647 e. The van der Waals surface area contributed by atoms with Crippen molar-refractivity contribution in [1.29, 1.82) is 0 Å². The highest BCUT2D eigenvalue weighted by atomic mass is 28.3. The van der Waals surface area contributed by atoms with Crippen LogP contribution in [0.1, 0.15) is 75.3 Å². The first kappa shape index (κ1) is 65.9. The number of rotatable bonds is 24. The average Bonchev–Trinajstić information content (AvgIpc) is 3.21. The summed E-state index contributed by atoms with van der Waals surface area (Å²) in [6.07, 6.45) is 15.1. The van der Waals surface area contributed by atoms with Crippen LogP contribution >= 0.6 is 0 Å². The lowest BCUT2D eigenvalue weighted by atomic mass is 10.1. The summed E-state index contributed by atoms with van der Waals surface area (Å²) in [5.74, 6) is 0. The molecule has 0 aliphatic carbocycles. The lowest BCUT2D eigenvalue weighted by Crippen LogP contribution is -2.31. The minimum absolute atomic E-state index is 0.233. The van der Waals surface area contributed by atoms with E-state index in [4.69, 9.17) is 0 Å². The predicted molar refractivity (Wildman–Crippen MR) is 339 cm³/mol. The highest BCUT2D eigenvalue weighted by Gasteiger charge is 2.06. The molecule has 3 rings (SSSR count). The van der Waals surface area contributed by atoms with Gasteiger partial charge in [-0.3, -0.25) is 0 Å². The maximum atomic E-state index is 2.47. The minimum atomic E-state index is -0.576. The number of hydrogen-bond donors (Lipinski definition) is 0. The first-order chi connectivity index (χ1) is 30.0. The third-order valence-corrected chi connectivity index (χ3v) is 27.6. The van der Waals surface area contributed by atoms with Gasteiger partial charge in [0.15, 0.2) is 0 Å². The molecule has 0 atom stereocenters. The molecule has 0 spiro atoms. The lowest BCUT2D eigenvalue weighted by Gasteiger charge is -2.08. The van der Waals surface area contributed by atoms with Gasteiger partial charge >= 0.3 is 0 Å². The molecular weight excluding hydrogens is 929 g/mol. The van der Waals surface area contributed by atoms with E-state index in [0.29, 0.717) is 0 Å². The van der Waals surface area contributed by atoms with Gasteiger partial charge in [-0.2, -0.15) is 0 Å². The Morgan fingerprint density at radius 2 is 0.484 bits per heavy atom. The fourth-order valence-electron chi connectivity index (χ4n) is 7.57. The molecule has 0 saturated heterocycles. The minimum Gasteiger partial charge on any atom is -0.0722 e. The standard InChI is InChI=1S/C12H22Si2.C12H30Si2.2C10H18Si2.C10H26Si2/c1-13(2)9-11-5-7-12(8-6-11)10-14(3)4;1-13(2)11-9-7-5-6-8-10-12-14(3)4;1-11(2)9-5-7-10(8-6-9)12(3)4;1-11(2)9-6-5-7-10(8-9)12(3)4;1-11(2)9-7-5-6-8-10-12(3)4/h5-8,13-14H,9-10H2,1-4H3;13-14H,5-12H2,1-4H3;2*5-8,11-12H,1-4H3;11-12H,5-10H2,1-4H3. The molecule has 0 unspecified atom stereocenters. The van der Waals surface area contributed by atoms with Crippen LogP contribution in [0.4, 0.5) is 0 Å². The summed E-state index contributed by atoms with van der Waals surface area (Å²) in [5, 5.41) is 6.42. The molecule has 10 heteroatoms. The highest BCUT2D eigenvalue weighted by molar-refractivity contribution is 6.74. The van der Waals surface area contributed by atoms with Gasteiger partial charge in [0, 0.05) is 52.8 Å². The van der Waals surface area contributed by atoms with Gasteiger partial charge in [-0.25, -0.2) is 0 Å². The Morgan fingerprint density at radius 1 is 0.250 bits per heavy atom. The molecule has 0 saturated carbocycles. The lowest BCUT2D eigenvalue weighted by molar-refractivity contribution is 0.622.